The summed E-state index contributed by atoms with van der Waals surface area (Å²) >= 11 is 1.28. The van der Waals surface area contributed by atoms with Crippen molar-refractivity contribution in [2.24, 2.45) is 4.99 Å². The molecule has 1 atom stereocenters. The maximum atomic E-state index is 13.8. The average molecular weight is 537 g/mol. The molecule has 200 valence electrons. The Morgan fingerprint density at radius 1 is 1.11 bits per heavy atom. The molecule has 2 aromatic carbocycles. The van der Waals surface area contributed by atoms with Crippen LogP contribution in [0.3, 0.4) is 0 Å². The predicted octanol–water partition coefficient (Wildman–Crippen LogP) is 3.99. The van der Waals surface area contributed by atoms with Gasteiger partial charge in [0, 0.05) is 0 Å². The number of esters is 1. The van der Waals surface area contributed by atoms with Crippen molar-refractivity contribution >= 4 is 23.4 Å². The van der Waals surface area contributed by atoms with Crippen LogP contribution in [0.4, 0.5) is 0 Å². The number of methoxy groups -OCH3 is 1. The number of carbonyl (C=O) groups is 1. The van der Waals surface area contributed by atoms with Crippen molar-refractivity contribution in [3.63, 3.8) is 0 Å². The van der Waals surface area contributed by atoms with Gasteiger partial charge in [-0.3, -0.25) is 9.36 Å². The summed E-state index contributed by atoms with van der Waals surface area (Å²) in [5.74, 6) is 1.33. The number of hydrogen-bond acceptors (Lipinski definition) is 8. The van der Waals surface area contributed by atoms with E-state index in [1.165, 1.54) is 11.3 Å². The normalized spacial score (nSPS) is 15.2. The van der Waals surface area contributed by atoms with Crippen LogP contribution in [0.5, 0.6) is 17.2 Å². The first kappa shape index (κ1) is 27.2. The van der Waals surface area contributed by atoms with Crippen LogP contribution in [-0.4, -0.2) is 37.0 Å². The monoisotopic (exact) mass is 536 g/mol. The van der Waals surface area contributed by atoms with Gasteiger partial charge in [0.25, 0.3) is 5.56 Å². The van der Waals surface area contributed by atoms with Crippen molar-refractivity contribution < 1.29 is 23.7 Å². The van der Waals surface area contributed by atoms with E-state index in [1.54, 1.807) is 37.7 Å². The molecule has 0 aliphatic carbocycles. The number of fused-ring (bicyclic) bond motifs is 1. The molecule has 38 heavy (non-hydrogen) atoms. The highest BCUT2D eigenvalue weighted by Gasteiger charge is 2.34. The van der Waals surface area contributed by atoms with Crippen molar-refractivity contribution in [2.45, 2.75) is 46.8 Å². The van der Waals surface area contributed by atoms with E-state index in [2.05, 4.69) is 4.99 Å². The summed E-state index contributed by atoms with van der Waals surface area (Å²) in [5.41, 5.74) is 2.11. The van der Waals surface area contributed by atoms with E-state index in [-0.39, 0.29) is 18.3 Å². The van der Waals surface area contributed by atoms with Crippen LogP contribution in [0, 0.1) is 0 Å². The van der Waals surface area contributed by atoms with Crippen LogP contribution in [-0.2, 0) is 9.53 Å². The maximum Gasteiger partial charge on any atom is 0.338 e. The summed E-state index contributed by atoms with van der Waals surface area (Å²) in [6.45, 7) is 10.1. The first-order valence-electron chi connectivity index (χ1n) is 12.5. The Morgan fingerprint density at radius 2 is 1.84 bits per heavy atom. The molecule has 9 heteroatoms. The molecule has 4 rings (SSSR count). The van der Waals surface area contributed by atoms with Crippen molar-refractivity contribution in [3.8, 4) is 17.2 Å². The maximum absolute atomic E-state index is 13.8. The topological polar surface area (TPSA) is 88.4 Å². The van der Waals surface area contributed by atoms with Gasteiger partial charge < -0.3 is 18.9 Å². The second-order valence-electron chi connectivity index (χ2n) is 8.88. The van der Waals surface area contributed by atoms with Crippen molar-refractivity contribution in [2.75, 3.05) is 20.3 Å². The van der Waals surface area contributed by atoms with Gasteiger partial charge in [0.15, 0.2) is 16.3 Å². The van der Waals surface area contributed by atoms with Crippen molar-refractivity contribution in [1.29, 1.82) is 0 Å². The standard InChI is InChI=1S/C29H32N2O6S/c1-7-35-21-12-9-19(10-13-21)15-24-27(32)31-26(20-11-14-22(37-17(3)4)23(16-20)34-6)25(28(33)36-8-2)18(5)30-29(31)38-24/h9-17,26H,7-8H2,1-6H3/b24-15-/t26-/m1/s1. The lowest BCUT2D eigenvalue weighted by atomic mass is 9.95. The summed E-state index contributed by atoms with van der Waals surface area (Å²) < 4.78 is 24.4. The summed E-state index contributed by atoms with van der Waals surface area (Å²) in [5, 5.41) is 0. The molecule has 0 unspecified atom stereocenters. The highest BCUT2D eigenvalue weighted by Crippen LogP contribution is 2.36. The Hall–Kier alpha value is -3.85. The average Bonchev–Trinajstić information content (AvgIpc) is 3.18. The van der Waals surface area contributed by atoms with E-state index in [4.69, 9.17) is 18.9 Å². The lowest BCUT2D eigenvalue weighted by Crippen LogP contribution is -2.40. The van der Waals surface area contributed by atoms with Crippen molar-refractivity contribution in [1.82, 2.24) is 4.57 Å². The first-order valence-corrected chi connectivity index (χ1v) is 13.4. The van der Waals surface area contributed by atoms with Gasteiger partial charge in [-0.15, -0.1) is 0 Å². The zero-order chi connectivity index (χ0) is 27.4. The van der Waals surface area contributed by atoms with Crippen molar-refractivity contribution in [3.05, 3.63) is 84.5 Å². The van der Waals surface area contributed by atoms with E-state index in [0.717, 1.165) is 11.3 Å². The number of benzene rings is 2. The lowest BCUT2D eigenvalue weighted by molar-refractivity contribution is -0.139. The lowest BCUT2D eigenvalue weighted by Gasteiger charge is -2.25. The van der Waals surface area contributed by atoms with Crippen LogP contribution in [0.15, 0.2) is 63.5 Å². The number of rotatable bonds is 9. The minimum atomic E-state index is -0.741. The van der Waals surface area contributed by atoms with Gasteiger partial charge in [0.1, 0.15) is 5.75 Å². The van der Waals surface area contributed by atoms with E-state index >= 15 is 0 Å². The zero-order valence-electron chi connectivity index (χ0n) is 22.4. The number of hydrogen-bond donors (Lipinski definition) is 0. The molecule has 0 bridgehead atoms. The van der Waals surface area contributed by atoms with Crippen LogP contribution < -0.4 is 29.1 Å². The molecule has 0 saturated heterocycles. The molecule has 0 amide bonds. The Kier molecular flexibility index (Phi) is 8.36. The molecule has 0 radical (unpaired) electrons. The summed E-state index contributed by atoms with van der Waals surface area (Å²) in [6.07, 6.45) is 1.77. The van der Waals surface area contributed by atoms with Crippen LogP contribution in [0.1, 0.15) is 51.8 Å². The molecule has 8 nitrogen and oxygen atoms in total. The fourth-order valence-corrected chi connectivity index (χ4v) is 5.34. The number of allylic oxidation sites excluding steroid dienone is 1. The number of aromatic nitrogens is 1. The number of nitrogens with zero attached hydrogens (tertiary/aromatic N) is 2. The largest absolute Gasteiger partial charge is 0.494 e. The number of thiazole rings is 1. The smallest absolute Gasteiger partial charge is 0.338 e. The molecule has 0 spiro atoms. The van der Waals surface area contributed by atoms with E-state index < -0.39 is 12.0 Å². The summed E-state index contributed by atoms with van der Waals surface area (Å²) in [7, 11) is 1.56. The zero-order valence-corrected chi connectivity index (χ0v) is 23.3. The highest BCUT2D eigenvalue weighted by atomic mass is 32.1. The fourth-order valence-electron chi connectivity index (χ4n) is 4.29. The second-order valence-corrected chi connectivity index (χ2v) is 9.89. The van der Waals surface area contributed by atoms with Gasteiger partial charge in [-0.2, -0.15) is 0 Å². The number of ether oxygens (including phenoxy) is 4. The van der Waals surface area contributed by atoms with Crippen LogP contribution in [0.2, 0.25) is 0 Å². The molecular formula is C29H32N2O6S. The Balaban J connectivity index is 1.89. The molecule has 0 N–H and O–H groups in total. The summed E-state index contributed by atoms with van der Waals surface area (Å²) in [4.78, 5) is 32.1. The molecule has 0 saturated carbocycles. The minimum absolute atomic E-state index is 0.0488. The molecule has 0 fully saturated rings. The Labute approximate surface area is 225 Å². The molecule has 1 aromatic heterocycles. The van der Waals surface area contributed by atoms with Crippen LogP contribution in [0.25, 0.3) is 6.08 Å². The fraction of sp³-hybridized carbons (Fsp3) is 0.345. The second kappa shape index (κ2) is 11.7. The third-order valence-corrected chi connectivity index (χ3v) is 6.85. The number of carbonyl (C=O) groups excluding carboxylic acids is 1. The van der Waals surface area contributed by atoms with E-state index in [0.29, 0.717) is 44.3 Å². The molecule has 3 aromatic rings. The molecule has 2 heterocycles. The minimum Gasteiger partial charge on any atom is -0.494 e. The molecular weight excluding hydrogens is 504 g/mol. The first-order chi connectivity index (χ1) is 18.3. The SMILES string of the molecule is CCOC(=O)C1=C(C)N=c2s/c(=C\c3ccc(OCC)cc3)c(=O)n2[C@@H]1c1ccc(OC(C)C)c(OC)c1. The third-order valence-electron chi connectivity index (χ3n) is 5.87. The quantitative estimate of drug-likeness (QED) is 0.384. The van der Waals surface area contributed by atoms with E-state index in [1.807, 2.05) is 57.2 Å². The Bertz CT molecular complexity index is 1530. The highest BCUT2D eigenvalue weighted by molar-refractivity contribution is 7.07. The predicted molar refractivity (Wildman–Crippen MR) is 147 cm³/mol. The van der Waals surface area contributed by atoms with Crippen LogP contribution >= 0.6 is 11.3 Å². The van der Waals surface area contributed by atoms with Gasteiger partial charge >= 0.3 is 5.97 Å². The van der Waals surface area contributed by atoms with Gasteiger partial charge in [0.05, 0.1) is 48.3 Å². The van der Waals surface area contributed by atoms with Gasteiger partial charge in [-0.1, -0.05) is 29.5 Å². The van der Waals surface area contributed by atoms with Gasteiger partial charge in [-0.05, 0) is 76.1 Å². The van der Waals surface area contributed by atoms with Gasteiger partial charge in [-0.25, -0.2) is 9.79 Å². The molecule has 1 aliphatic heterocycles. The summed E-state index contributed by atoms with van der Waals surface area (Å²) in [6, 6.07) is 12.2. The molecule has 1 aliphatic rings. The Morgan fingerprint density at radius 3 is 2.47 bits per heavy atom. The third kappa shape index (κ3) is 5.52. The van der Waals surface area contributed by atoms with E-state index in [9.17, 15) is 9.59 Å². The van der Waals surface area contributed by atoms with Gasteiger partial charge in [0.2, 0.25) is 0 Å².